The summed E-state index contributed by atoms with van der Waals surface area (Å²) in [4.78, 5) is 28.7. The van der Waals surface area contributed by atoms with Crippen LogP contribution in [0.15, 0.2) is 94.3 Å². The number of nitrogens with zero attached hydrogens (tertiary/aromatic N) is 2. The highest BCUT2D eigenvalue weighted by molar-refractivity contribution is 9.10. The lowest BCUT2D eigenvalue weighted by molar-refractivity contribution is -0.140. The molecule has 3 aromatic carbocycles. The molecule has 0 heterocycles. The number of sulfonamides is 1. The van der Waals surface area contributed by atoms with Crippen molar-refractivity contribution in [1.29, 1.82) is 0 Å². The van der Waals surface area contributed by atoms with Crippen LogP contribution in [0.1, 0.15) is 32.8 Å². The predicted octanol–water partition coefficient (Wildman–Crippen LogP) is 5.22. The number of carbonyl (C=O) groups excluding carboxylic acids is 2. The van der Waals surface area contributed by atoms with Gasteiger partial charge in [-0.25, -0.2) is 8.42 Å². The summed E-state index contributed by atoms with van der Waals surface area (Å²) in [6, 6.07) is 23.4. The zero-order chi connectivity index (χ0) is 27.7. The molecule has 3 aromatic rings. The Morgan fingerprint density at radius 2 is 1.47 bits per heavy atom. The van der Waals surface area contributed by atoms with Crippen molar-refractivity contribution < 1.29 is 18.0 Å². The summed E-state index contributed by atoms with van der Waals surface area (Å²) in [7, 11) is -4.07. The smallest absolute Gasteiger partial charge is 0.264 e. The highest BCUT2D eigenvalue weighted by atomic mass is 79.9. The molecule has 38 heavy (non-hydrogen) atoms. The van der Waals surface area contributed by atoms with Crippen LogP contribution in [0.5, 0.6) is 0 Å². The minimum absolute atomic E-state index is 0.0760. The molecule has 0 radical (unpaired) electrons. The average Bonchev–Trinajstić information content (AvgIpc) is 2.92. The maximum Gasteiger partial charge on any atom is 0.264 e. The van der Waals surface area contributed by atoms with E-state index < -0.39 is 28.5 Å². The molecule has 0 aliphatic carbocycles. The summed E-state index contributed by atoms with van der Waals surface area (Å²) < 4.78 is 29.4. The first kappa shape index (κ1) is 29.4. The highest BCUT2D eigenvalue weighted by Crippen LogP contribution is 2.26. The number of anilines is 1. The lowest BCUT2D eigenvalue weighted by Gasteiger charge is -2.33. The third-order valence-corrected chi connectivity index (χ3v) is 8.31. The first-order valence-corrected chi connectivity index (χ1v) is 14.8. The van der Waals surface area contributed by atoms with Crippen molar-refractivity contribution >= 4 is 43.5 Å². The average molecular weight is 601 g/mol. The van der Waals surface area contributed by atoms with Crippen LogP contribution in [0.25, 0.3) is 0 Å². The Kier molecular flexibility index (Phi) is 10.5. The molecule has 1 atom stereocenters. The third-order valence-electron chi connectivity index (χ3n) is 5.99. The zero-order valence-electron chi connectivity index (χ0n) is 21.9. The Morgan fingerprint density at radius 3 is 2.03 bits per heavy atom. The molecule has 0 saturated carbocycles. The topological polar surface area (TPSA) is 86.8 Å². The Morgan fingerprint density at radius 1 is 0.895 bits per heavy atom. The van der Waals surface area contributed by atoms with Gasteiger partial charge in [0, 0.05) is 17.6 Å². The van der Waals surface area contributed by atoms with Gasteiger partial charge in [0.15, 0.2) is 0 Å². The number of amides is 2. The van der Waals surface area contributed by atoms with E-state index >= 15 is 0 Å². The van der Waals surface area contributed by atoms with Crippen LogP contribution in [0.3, 0.4) is 0 Å². The Labute approximate surface area is 234 Å². The van der Waals surface area contributed by atoms with Crippen LogP contribution in [-0.4, -0.2) is 44.3 Å². The van der Waals surface area contributed by atoms with Crippen LogP contribution in [-0.2, 0) is 26.2 Å². The molecule has 7 nitrogen and oxygen atoms in total. The molecule has 0 saturated heterocycles. The molecule has 0 aliphatic heterocycles. The SMILES string of the molecule is CCC(C(=O)NCC(C)C)N(Cc1ccccc1)C(=O)CN(c1ccc(Br)cc1)S(=O)(=O)c1ccccc1. The predicted molar refractivity (Wildman–Crippen MR) is 154 cm³/mol. The van der Waals surface area contributed by atoms with Crippen LogP contribution in [0, 0.1) is 5.92 Å². The second-order valence-corrected chi connectivity index (χ2v) is 12.1. The number of hydrogen-bond donors (Lipinski definition) is 1. The molecule has 0 aromatic heterocycles. The van der Waals surface area contributed by atoms with Gasteiger partial charge in [0.2, 0.25) is 11.8 Å². The largest absolute Gasteiger partial charge is 0.354 e. The van der Waals surface area contributed by atoms with E-state index in [0.717, 1.165) is 14.3 Å². The van der Waals surface area contributed by atoms with Gasteiger partial charge >= 0.3 is 0 Å². The van der Waals surface area contributed by atoms with Gasteiger partial charge in [-0.1, -0.05) is 85.2 Å². The summed E-state index contributed by atoms with van der Waals surface area (Å²) >= 11 is 3.38. The molecule has 2 amide bonds. The molecule has 1 N–H and O–H groups in total. The van der Waals surface area contributed by atoms with Gasteiger partial charge in [-0.15, -0.1) is 0 Å². The standard InChI is InChI=1S/C29H34BrN3O4S/c1-4-27(29(35)31-19-22(2)3)32(20-23-11-7-5-8-12-23)28(34)21-33(25-17-15-24(30)16-18-25)38(36,37)26-13-9-6-10-14-26/h5-18,22,27H,4,19-21H2,1-3H3,(H,31,35). The summed E-state index contributed by atoms with van der Waals surface area (Å²) in [5.41, 5.74) is 1.19. The minimum atomic E-state index is -4.07. The fraction of sp³-hybridized carbons (Fsp3) is 0.310. The van der Waals surface area contributed by atoms with Crippen molar-refractivity contribution in [2.75, 3.05) is 17.4 Å². The number of rotatable bonds is 12. The maximum atomic E-state index is 13.9. The Balaban J connectivity index is 2.01. The molecule has 0 fully saturated rings. The van der Waals surface area contributed by atoms with E-state index in [9.17, 15) is 18.0 Å². The van der Waals surface area contributed by atoms with E-state index in [2.05, 4.69) is 21.2 Å². The molecule has 1 unspecified atom stereocenters. The Hall–Kier alpha value is -3.17. The highest BCUT2D eigenvalue weighted by Gasteiger charge is 2.33. The van der Waals surface area contributed by atoms with Crippen LogP contribution < -0.4 is 9.62 Å². The Bertz CT molecular complexity index is 1300. The number of halogens is 1. The van der Waals surface area contributed by atoms with E-state index in [-0.39, 0.29) is 23.3 Å². The lowest BCUT2D eigenvalue weighted by atomic mass is 10.1. The van der Waals surface area contributed by atoms with E-state index in [1.165, 1.54) is 17.0 Å². The van der Waals surface area contributed by atoms with Gasteiger partial charge in [0.05, 0.1) is 10.6 Å². The quantitative estimate of drug-likeness (QED) is 0.309. The first-order chi connectivity index (χ1) is 18.1. The van der Waals surface area contributed by atoms with Gasteiger partial charge in [0.25, 0.3) is 10.0 Å². The number of hydrogen-bond acceptors (Lipinski definition) is 4. The van der Waals surface area contributed by atoms with Crippen molar-refractivity contribution in [2.45, 2.75) is 44.7 Å². The molecular weight excluding hydrogens is 566 g/mol. The van der Waals surface area contributed by atoms with Crippen LogP contribution in [0.4, 0.5) is 5.69 Å². The summed E-state index contributed by atoms with van der Waals surface area (Å²) in [6.45, 7) is 6.04. The number of carbonyl (C=O) groups is 2. The van der Waals surface area contributed by atoms with E-state index in [1.807, 2.05) is 51.1 Å². The lowest BCUT2D eigenvalue weighted by Crippen LogP contribution is -2.52. The van der Waals surface area contributed by atoms with E-state index in [4.69, 9.17) is 0 Å². The minimum Gasteiger partial charge on any atom is -0.354 e. The molecule has 0 spiro atoms. The zero-order valence-corrected chi connectivity index (χ0v) is 24.3. The van der Waals surface area contributed by atoms with Gasteiger partial charge in [0.1, 0.15) is 12.6 Å². The monoisotopic (exact) mass is 599 g/mol. The molecule has 3 rings (SSSR count). The normalized spacial score (nSPS) is 12.1. The van der Waals surface area contributed by atoms with Gasteiger partial charge in [-0.3, -0.25) is 13.9 Å². The molecule has 0 bridgehead atoms. The van der Waals surface area contributed by atoms with Gasteiger partial charge in [-0.2, -0.15) is 0 Å². The number of benzene rings is 3. The van der Waals surface area contributed by atoms with Crippen molar-refractivity contribution in [3.63, 3.8) is 0 Å². The van der Waals surface area contributed by atoms with Crippen molar-refractivity contribution in [2.24, 2.45) is 5.92 Å². The molecule has 202 valence electrons. The van der Waals surface area contributed by atoms with Crippen molar-refractivity contribution in [1.82, 2.24) is 10.2 Å². The summed E-state index contributed by atoms with van der Waals surface area (Å²) in [5, 5.41) is 2.93. The maximum absolute atomic E-state index is 13.9. The van der Waals surface area contributed by atoms with E-state index in [1.54, 1.807) is 42.5 Å². The van der Waals surface area contributed by atoms with E-state index in [0.29, 0.717) is 18.7 Å². The molecule has 9 heteroatoms. The number of nitrogens with one attached hydrogen (secondary N) is 1. The fourth-order valence-corrected chi connectivity index (χ4v) is 5.68. The fourth-order valence-electron chi connectivity index (χ4n) is 3.98. The van der Waals surface area contributed by atoms with Crippen LogP contribution >= 0.6 is 15.9 Å². The summed E-state index contributed by atoms with van der Waals surface area (Å²) in [5.74, 6) is -0.479. The second kappa shape index (κ2) is 13.6. The second-order valence-electron chi connectivity index (χ2n) is 9.37. The molecular formula is C29H34BrN3O4S. The first-order valence-electron chi connectivity index (χ1n) is 12.6. The summed E-state index contributed by atoms with van der Waals surface area (Å²) in [6.07, 6.45) is 0.381. The molecule has 0 aliphatic rings. The van der Waals surface area contributed by atoms with Gasteiger partial charge < -0.3 is 10.2 Å². The van der Waals surface area contributed by atoms with Crippen molar-refractivity contribution in [3.8, 4) is 0 Å². The van der Waals surface area contributed by atoms with Crippen LogP contribution in [0.2, 0.25) is 0 Å². The van der Waals surface area contributed by atoms with Gasteiger partial charge in [-0.05, 0) is 54.3 Å². The van der Waals surface area contributed by atoms with Crippen molar-refractivity contribution in [3.05, 3.63) is 95.0 Å². The third kappa shape index (κ3) is 7.68.